The Bertz CT molecular complexity index is 1060. The fraction of sp³-hybridized carbons (Fsp3) is 0.158. The van der Waals surface area contributed by atoms with Crippen LogP contribution >= 0.6 is 11.6 Å². The van der Waals surface area contributed by atoms with Gasteiger partial charge in [0.15, 0.2) is 0 Å². The van der Waals surface area contributed by atoms with Gasteiger partial charge in [-0.2, -0.15) is 0 Å². The van der Waals surface area contributed by atoms with Crippen LogP contribution in [-0.2, 0) is 11.3 Å². The molecule has 0 fully saturated rings. The monoisotopic (exact) mass is 382 g/mol. The van der Waals surface area contributed by atoms with Gasteiger partial charge >= 0.3 is 0 Å². The smallest absolute Gasteiger partial charge is 0.262 e. The van der Waals surface area contributed by atoms with Gasteiger partial charge in [-0.3, -0.25) is 19.3 Å². The Kier molecular flexibility index (Phi) is 4.16. The van der Waals surface area contributed by atoms with Crippen LogP contribution in [0.2, 0.25) is 5.02 Å². The number of hydrogen-bond donors (Lipinski definition) is 1. The van der Waals surface area contributed by atoms with E-state index in [1.807, 2.05) is 0 Å². The average Bonchev–Trinajstić information content (AvgIpc) is 3.18. The molecule has 3 aromatic rings. The third-order valence-electron chi connectivity index (χ3n) is 4.50. The first-order chi connectivity index (χ1) is 13.0. The second-order valence-electron chi connectivity index (χ2n) is 6.26. The number of benzene rings is 1. The molecule has 136 valence electrons. The van der Waals surface area contributed by atoms with Crippen molar-refractivity contribution in [1.29, 1.82) is 0 Å². The van der Waals surface area contributed by atoms with Crippen LogP contribution in [0.4, 0.5) is 0 Å². The fourth-order valence-corrected chi connectivity index (χ4v) is 3.27. The molecule has 1 N–H and O–H groups in total. The summed E-state index contributed by atoms with van der Waals surface area (Å²) in [5.41, 5.74) is 1.98. The largest absolute Gasteiger partial charge is 0.349 e. The van der Waals surface area contributed by atoms with Gasteiger partial charge in [0.1, 0.15) is 11.7 Å². The molecule has 1 aromatic carbocycles. The van der Waals surface area contributed by atoms with Crippen molar-refractivity contribution in [2.24, 2.45) is 0 Å². The van der Waals surface area contributed by atoms with Gasteiger partial charge in [-0.25, -0.2) is 4.98 Å². The Labute approximate surface area is 159 Å². The zero-order valence-corrected chi connectivity index (χ0v) is 15.1. The van der Waals surface area contributed by atoms with E-state index in [0.717, 1.165) is 4.90 Å². The number of aromatic nitrogens is 2. The Hall–Kier alpha value is -3.19. The van der Waals surface area contributed by atoms with E-state index in [-0.39, 0.29) is 6.54 Å². The van der Waals surface area contributed by atoms with E-state index in [4.69, 9.17) is 11.6 Å². The molecule has 0 spiro atoms. The molecule has 1 aliphatic rings. The maximum Gasteiger partial charge on any atom is 0.262 e. The molecule has 2 aromatic heterocycles. The Morgan fingerprint density at radius 1 is 1.11 bits per heavy atom. The summed E-state index contributed by atoms with van der Waals surface area (Å²) in [6, 6.07) is 9.13. The molecule has 1 aliphatic heterocycles. The Morgan fingerprint density at radius 2 is 1.78 bits per heavy atom. The number of pyridine rings is 1. The number of imidazole rings is 1. The molecule has 0 radical (unpaired) electrons. The summed E-state index contributed by atoms with van der Waals surface area (Å²) in [6.07, 6.45) is 3.48. The molecule has 1 atom stereocenters. The van der Waals surface area contributed by atoms with Gasteiger partial charge in [-0.05, 0) is 31.2 Å². The third-order valence-corrected chi connectivity index (χ3v) is 4.72. The second kappa shape index (κ2) is 6.51. The van der Waals surface area contributed by atoms with E-state index in [1.165, 1.54) is 6.92 Å². The van der Waals surface area contributed by atoms with Crippen molar-refractivity contribution in [3.63, 3.8) is 0 Å². The van der Waals surface area contributed by atoms with Crippen LogP contribution < -0.4 is 5.32 Å². The highest BCUT2D eigenvalue weighted by Gasteiger charge is 2.40. The molecule has 0 saturated heterocycles. The molecule has 0 aliphatic carbocycles. The van der Waals surface area contributed by atoms with Crippen LogP contribution in [-0.4, -0.2) is 38.0 Å². The number of carbonyl (C=O) groups excluding carboxylic acids is 3. The van der Waals surface area contributed by atoms with Crippen molar-refractivity contribution in [2.45, 2.75) is 19.5 Å². The molecule has 7 nitrogen and oxygen atoms in total. The molecule has 4 rings (SSSR count). The quantitative estimate of drug-likeness (QED) is 0.702. The molecule has 8 heteroatoms. The van der Waals surface area contributed by atoms with Crippen LogP contribution in [0.15, 0.2) is 48.8 Å². The SMILES string of the molecule is CC(C(=O)NCc1cn2cc(Cl)ccc2n1)N1C(=O)c2ccccc2C1=O. The van der Waals surface area contributed by atoms with Crippen molar-refractivity contribution in [3.8, 4) is 0 Å². The summed E-state index contributed by atoms with van der Waals surface area (Å²) in [6.45, 7) is 1.70. The highest BCUT2D eigenvalue weighted by atomic mass is 35.5. The summed E-state index contributed by atoms with van der Waals surface area (Å²) in [4.78, 5) is 42.8. The Morgan fingerprint density at radius 3 is 2.44 bits per heavy atom. The highest BCUT2D eigenvalue weighted by molar-refractivity contribution is 6.30. The normalized spacial score (nSPS) is 14.5. The van der Waals surface area contributed by atoms with Crippen molar-refractivity contribution < 1.29 is 14.4 Å². The number of carbonyl (C=O) groups is 3. The topological polar surface area (TPSA) is 83.8 Å². The van der Waals surface area contributed by atoms with Gasteiger partial charge in [-0.1, -0.05) is 23.7 Å². The molecule has 27 heavy (non-hydrogen) atoms. The fourth-order valence-electron chi connectivity index (χ4n) is 3.10. The molecule has 3 heterocycles. The number of nitrogens with one attached hydrogen (secondary N) is 1. The van der Waals surface area contributed by atoms with Crippen molar-refractivity contribution in [3.05, 3.63) is 70.6 Å². The average molecular weight is 383 g/mol. The molecular weight excluding hydrogens is 368 g/mol. The van der Waals surface area contributed by atoms with Crippen LogP contribution in [0.1, 0.15) is 33.3 Å². The lowest BCUT2D eigenvalue weighted by molar-refractivity contribution is -0.124. The van der Waals surface area contributed by atoms with Crippen LogP contribution in [0.25, 0.3) is 5.65 Å². The van der Waals surface area contributed by atoms with Gasteiger partial charge < -0.3 is 9.72 Å². The predicted molar refractivity (Wildman–Crippen MR) is 98.5 cm³/mol. The van der Waals surface area contributed by atoms with Gasteiger partial charge in [0.25, 0.3) is 11.8 Å². The first-order valence-corrected chi connectivity index (χ1v) is 8.71. The van der Waals surface area contributed by atoms with E-state index in [2.05, 4.69) is 10.3 Å². The number of imide groups is 1. The summed E-state index contributed by atoms with van der Waals surface area (Å²) in [7, 11) is 0. The number of amides is 3. The first kappa shape index (κ1) is 17.2. The minimum Gasteiger partial charge on any atom is -0.349 e. The van der Waals surface area contributed by atoms with Crippen molar-refractivity contribution in [2.75, 3.05) is 0 Å². The predicted octanol–water partition coefficient (Wildman–Crippen LogP) is 2.29. The lowest BCUT2D eigenvalue weighted by Gasteiger charge is -2.21. The summed E-state index contributed by atoms with van der Waals surface area (Å²) in [5, 5.41) is 3.30. The third kappa shape index (κ3) is 2.96. The zero-order valence-electron chi connectivity index (χ0n) is 14.3. The number of rotatable bonds is 4. The molecule has 0 bridgehead atoms. The maximum atomic E-state index is 12.5. The maximum absolute atomic E-state index is 12.5. The van der Waals surface area contributed by atoms with E-state index in [1.54, 1.807) is 53.2 Å². The minimum absolute atomic E-state index is 0.172. The van der Waals surface area contributed by atoms with Crippen molar-refractivity contribution >= 4 is 35.0 Å². The Balaban J connectivity index is 1.46. The van der Waals surface area contributed by atoms with E-state index >= 15 is 0 Å². The summed E-state index contributed by atoms with van der Waals surface area (Å²) < 4.78 is 1.76. The van der Waals surface area contributed by atoms with Gasteiger partial charge in [0.2, 0.25) is 5.91 Å². The van der Waals surface area contributed by atoms with Crippen LogP contribution in [0.5, 0.6) is 0 Å². The molecular formula is C19H15ClN4O3. The second-order valence-corrected chi connectivity index (χ2v) is 6.70. The number of hydrogen-bond acceptors (Lipinski definition) is 4. The summed E-state index contributed by atoms with van der Waals surface area (Å²) >= 11 is 5.95. The standard InChI is InChI=1S/C19H15ClN4O3/c1-11(24-18(26)14-4-2-3-5-15(14)19(24)27)17(25)21-8-13-10-23-9-12(20)6-7-16(23)22-13/h2-7,9-11H,8H2,1H3,(H,21,25). The molecule has 1 unspecified atom stereocenters. The highest BCUT2D eigenvalue weighted by Crippen LogP contribution is 2.24. The van der Waals surface area contributed by atoms with Crippen molar-refractivity contribution in [1.82, 2.24) is 19.6 Å². The van der Waals surface area contributed by atoms with Gasteiger partial charge in [-0.15, -0.1) is 0 Å². The molecule has 0 saturated carbocycles. The molecule has 3 amide bonds. The minimum atomic E-state index is -0.927. The summed E-state index contributed by atoms with van der Waals surface area (Å²) in [5.74, 6) is -1.35. The van der Waals surface area contributed by atoms with E-state index in [0.29, 0.717) is 27.5 Å². The van der Waals surface area contributed by atoms with E-state index in [9.17, 15) is 14.4 Å². The van der Waals surface area contributed by atoms with Crippen LogP contribution in [0, 0.1) is 0 Å². The zero-order chi connectivity index (χ0) is 19.1. The number of halogens is 1. The lowest BCUT2D eigenvalue weighted by atomic mass is 10.1. The lowest BCUT2D eigenvalue weighted by Crippen LogP contribution is -2.47. The number of fused-ring (bicyclic) bond motifs is 2. The number of nitrogens with zero attached hydrogens (tertiary/aromatic N) is 3. The van der Waals surface area contributed by atoms with Crippen LogP contribution in [0.3, 0.4) is 0 Å². The van der Waals surface area contributed by atoms with Gasteiger partial charge in [0, 0.05) is 12.4 Å². The van der Waals surface area contributed by atoms with E-state index < -0.39 is 23.8 Å². The first-order valence-electron chi connectivity index (χ1n) is 8.33. The van der Waals surface area contributed by atoms with Gasteiger partial charge in [0.05, 0.1) is 28.4 Å².